The quantitative estimate of drug-likeness (QED) is 0.720. The minimum Gasteiger partial charge on any atom is -0.389 e. The Morgan fingerprint density at radius 3 is 2.17 bits per heavy atom. The van der Waals surface area contributed by atoms with Crippen molar-refractivity contribution in [3.63, 3.8) is 0 Å². The number of halogens is 1. The molecule has 0 amide bonds. The molecular weight excluding hydrogens is 250 g/mol. The molecular formula is C14H22ClNO2. The van der Waals surface area contributed by atoms with E-state index in [2.05, 4.69) is 26.1 Å². The molecule has 3 N–H and O–H groups in total. The van der Waals surface area contributed by atoms with Crippen molar-refractivity contribution in [2.45, 2.75) is 45.1 Å². The summed E-state index contributed by atoms with van der Waals surface area (Å²) in [6.45, 7) is 7.11. The lowest BCUT2D eigenvalue weighted by Gasteiger charge is -2.21. The van der Waals surface area contributed by atoms with E-state index in [9.17, 15) is 10.2 Å². The first-order valence-electron chi connectivity index (χ1n) is 6.09. The zero-order chi connectivity index (χ0) is 13.8. The van der Waals surface area contributed by atoms with Crippen LogP contribution < -0.4 is 5.32 Å². The lowest BCUT2D eigenvalue weighted by atomic mass is 10.0. The van der Waals surface area contributed by atoms with Crippen molar-refractivity contribution in [1.82, 2.24) is 5.32 Å². The highest BCUT2D eigenvalue weighted by Gasteiger charge is 2.17. The van der Waals surface area contributed by atoms with E-state index in [-0.39, 0.29) is 11.4 Å². The lowest BCUT2D eigenvalue weighted by Crippen LogP contribution is -2.35. The molecule has 1 aromatic carbocycles. The highest BCUT2D eigenvalue weighted by atomic mass is 35.5. The summed E-state index contributed by atoms with van der Waals surface area (Å²) >= 11 is 5.51. The number of rotatable bonds is 5. The zero-order valence-corrected chi connectivity index (χ0v) is 11.9. The predicted octanol–water partition coefficient (Wildman–Crippen LogP) is 2.21. The van der Waals surface area contributed by atoms with E-state index in [1.807, 2.05) is 24.3 Å². The molecule has 1 rings (SSSR count). The Kier molecular flexibility index (Phi) is 5.60. The van der Waals surface area contributed by atoms with Crippen molar-refractivity contribution >= 4 is 11.6 Å². The second kappa shape index (κ2) is 6.53. The summed E-state index contributed by atoms with van der Waals surface area (Å²) in [5.74, 6) is 0.0223. The fourth-order valence-electron chi connectivity index (χ4n) is 1.51. The van der Waals surface area contributed by atoms with Crippen LogP contribution in [0, 0.1) is 0 Å². The van der Waals surface area contributed by atoms with Gasteiger partial charge in [0.2, 0.25) is 0 Å². The van der Waals surface area contributed by atoms with Gasteiger partial charge in [0.05, 0.1) is 12.0 Å². The average molecular weight is 272 g/mol. The highest BCUT2D eigenvalue weighted by Crippen LogP contribution is 2.18. The molecule has 2 atom stereocenters. The van der Waals surface area contributed by atoms with E-state index < -0.39 is 12.2 Å². The van der Waals surface area contributed by atoms with Gasteiger partial charge in [0, 0.05) is 12.1 Å². The van der Waals surface area contributed by atoms with Crippen LogP contribution in [-0.2, 0) is 6.54 Å². The molecule has 2 unspecified atom stereocenters. The summed E-state index contributed by atoms with van der Waals surface area (Å²) in [7, 11) is 0. The Labute approximate surface area is 114 Å². The summed E-state index contributed by atoms with van der Waals surface area (Å²) in [5, 5.41) is 22.6. The van der Waals surface area contributed by atoms with E-state index in [1.54, 1.807) is 0 Å². The van der Waals surface area contributed by atoms with Crippen LogP contribution in [0.5, 0.6) is 0 Å². The predicted molar refractivity (Wildman–Crippen MR) is 74.7 cm³/mol. The molecule has 0 heterocycles. The van der Waals surface area contributed by atoms with Gasteiger partial charge in [-0.25, -0.2) is 0 Å². The van der Waals surface area contributed by atoms with Crippen LogP contribution in [-0.4, -0.2) is 27.7 Å². The SMILES string of the molecule is CC(C)(C)NCc1ccc(C(O)C(O)CCl)cc1. The molecule has 4 heteroatoms. The molecule has 1 aromatic rings. The largest absolute Gasteiger partial charge is 0.389 e. The topological polar surface area (TPSA) is 52.5 Å². The molecule has 0 bridgehead atoms. The molecule has 102 valence electrons. The van der Waals surface area contributed by atoms with E-state index >= 15 is 0 Å². The third-order valence-corrected chi connectivity index (χ3v) is 2.98. The lowest BCUT2D eigenvalue weighted by molar-refractivity contribution is 0.0327. The van der Waals surface area contributed by atoms with Crippen molar-refractivity contribution < 1.29 is 10.2 Å². The van der Waals surface area contributed by atoms with Gasteiger partial charge >= 0.3 is 0 Å². The monoisotopic (exact) mass is 271 g/mol. The van der Waals surface area contributed by atoms with Gasteiger partial charge in [-0.3, -0.25) is 0 Å². The van der Waals surface area contributed by atoms with Gasteiger partial charge in [0.15, 0.2) is 0 Å². The molecule has 0 spiro atoms. The Bertz CT molecular complexity index is 359. The normalized spacial score (nSPS) is 15.4. The molecule has 0 aromatic heterocycles. The Hall–Kier alpha value is -0.610. The molecule has 0 saturated heterocycles. The van der Waals surface area contributed by atoms with E-state index in [1.165, 1.54) is 0 Å². The molecule has 0 aliphatic rings. The number of aliphatic hydroxyl groups is 2. The maximum Gasteiger partial charge on any atom is 0.106 e. The van der Waals surface area contributed by atoms with Crippen LogP contribution in [0.15, 0.2) is 24.3 Å². The summed E-state index contributed by atoms with van der Waals surface area (Å²) < 4.78 is 0. The van der Waals surface area contributed by atoms with Gasteiger partial charge in [-0.2, -0.15) is 0 Å². The van der Waals surface area contributed by atoms with Crippen molar-refractivity contribution in [2.24, 2.45) is 0 Å². The van der Waals surface area contributed by atoms with Crippen LogP contribution in [0.4, 0.5) is 0 Å². The fraction of sp³-hybridized carbons (Fsp3) is 0.571. The minimum atomic E-state index is -0.926. The third kappa shape index (κ3) is 4.94. The molecule has 0 radical (unpaired) electrons. The van der Waals surface area contributed by atoms with Gasteiger partial charge in [-0.15, -0.1) is 11.6 Å². The van der Waals surface area contributed by atoms with E-state index in [0.717, 1.165) is 12.1 Å². The standard InChI is InChI=1S/C14H22ClNO2/c1-14(2,3)16-9-10-4-6-11(7-5-10)13(18)12(17)8-15/h4-7,12-13,16-18H,8-9H2,1-3H3. The maximum absolute atomic E-state index is 9.79. The van der Waals surface area contributed by atoms with Crippen LogP contribution in [0.2, 0.25) is 0 Å². The first kappa shape index (κ1) is 15.4. The van der Waals surface area contributed by atoms with Gasteiger partial charge in [-0.1, -0.05) is 24.3 Å². The van der Waals surface area contributed by atoms with Gasteiger partial charge in [-0.05, 0) is 31.9 Å². The molecule has 18 heavy (non-hydrogen) atoms. The van der Waals surface area contributed by atoms with Crippen molar-refractivity contribution in [3.05, 3.63) is 35.4 Å². The first-order valence-corrected chi connectivity index (χ1v) is 6.63. The van der Waals surface area contributed by atoms with E-state index in [4.69, 9.17) is 11.6 Å². The number of hydrogen-bond acceptors (Lipinski definition) is 3. The number of alkyl halides is 1. The number of nitrogens with one attached hydrogen (secondary N) is 1. The number of hydrogen-bond donors (Lipinski definition) is 3. The second-order valence-electron chi connectivity index (χ2n) is 5.51. The van der Waals surface area contributed by atoms with Crippen molar-refractivity contribution in [3.8, 4) is 0 Å². The third-order valence-electron chi connectivity index (χ3n) is 2.67. The number of aliphatic hydroxyl groups excluding tert-OH is 2. The van der Waals surface area contributed by atoms with Gasteiger partial charge < -0.3 is 15.5 Å². The summed E-state index contributed by atoms with van der Waals surface area (Å²) in [4.78, 5) is 0. The van der Waals surface area contributed by atoms with Crippen molar-refractivity contribution in [2.75, 3.05) is 5.88 Å². The van der Waals surface area contributed by atoms with Crippen LogP contribution >= 0.6 is 11.6 Å². The van der Waals surface area contributed by atoms with Crippen LogP contribution in [0.25, 0.3) is 0 Å². The number of benzene rings is 1. The van der Waals surface area contributed by atoms with E-state index in [0.29, 0.717) is 5.56 Å². The molecule has 0 fully saturated rings. The highest BCUT2D eigenvalue weighted by molar-refractivity contribution is 6.18. The summed E-state index contributed by atoms with van der Waals surface area (Å²) in [6, 6.07) is 7.52. The molecule has 0 aliphatic heterocycles. The first-order chi connectivity index (χ1) is 8.33. The van der Waals surface area contributed by atoms with Gasteiger partial charge in [0.1, 0.15) is 6.10 Å². The fourth-order valence-corrected chi connectivity index (χ4v) is 1.68. The Morgan fingerprint density at radius 2 is 1.72 bits per heavy atom. The minimum absolute atomic E-state index is 0.0223. The molecule has 3 nitrogen and oxygen atoms in total. The maximum atomic E-state index is 9.79. The Balaban J connectivity index is 2.63. The zero-order valence-electron chi connectivity index (χ0n) is 11.2. The second-order valence-corrected chi connectivity index (χ2v) is 5.82. The molecule has 0 saturated carbocycles. The van der Waals surface area contributed by atoms with Gasteiger partial charge in [0.25, 0.3) is 0 Å². The summed E-state index contributed by atoms with van der Waals surface area (Å²) in [6.07, 6.45) is -1.85. The molecule has 0 aliphatic carbocycles. The van der Waals surface area contributed by atoms with Crippen LogP contribution in [0.1, 0.15) is 38.0 Å². The smallest absolute Gasteiger partial charge is 0.106 e. The van der Waals surface area contributed by atoms with Crippen molar-refractivity contribution in [1.29, 1.82) is 0 Å². The Morgan fingerprint density at radius 1 is 1.17 bits per heavy atom. The van der Waals surface area contributed by atoms with Crippen LogP contribution in [0.3, 0.4) is 0 Å². The average Bonchev–Trinajstić information content (AvgIpc) is 2.34. The summed E-state index contributed by atoms with van der Waals surface area (Å²) in [5.41, 5.74) is 1.90.